The van der Waals surface area contributed by atoms with Crippen molar-refractivity contribution in [3.05, 3.63) is 59.7 Å². The van der Waals surface area contributed by atoms with Gasteiger partial charge in [0.15, 0.2) is 0 Å². The van der Waals surface area contributed by atoms with Crippen LogP contribution in [0.1, 0.15) is 42.6 Å². The largest absolute Gasteiger partial charge is 0.323 e. The van der Waals surface area contributed by atoms with Crippen LogP contribution in [0.15, 0.2) is 53.4 Å². The third kappa shape index (κ3) is 4.38. The van der Waals surface area contributed by atoms with E-state index in [0.717, 1.165) is 10.5 Å². The van der Waals surface area contributed by atoms with Gasteiger partial charge in [-0.25, -0.2) is 18.5 Å². The Hall–Kier alpha value is -3.04. The molecule has 1 saturated heterocycles. The number of imide groups is 1. The van der Waals surface area contributed by atoms with Crippen LogP contribution in [0.2, 0.25) is 0 Å². The summed E-state index contributed by atoms with van der Waals surface area (Å²) < 4.78 is 22.9. The Morgan fingerprint density at radius 1 is 1.16 bits per heavy atom. The van der Waals surface area contributed by atoms with Crippen LogP contribution in [0.4, 0.5) is 5.69 Å². The van der Waals surface area contributed by atoms with E-state index in [-0.39, 0.29) is 29.0 Å². The zero-order valence-corrected chi connectivity index (χ0v) is 18.4. The van der Waals surface area contributed by atoms with E-state index >= 15 is 0 Å². The van der Waals surface area contributed by atoms with E-state index in [1.54, 1.807) is 12.1 Å². The Bertz CT molecular complexity index is 1130. The molecule has 2 N–H and O–H groups in total. The van der Waals surface area contributed by atoms with Crippen molar-refractivity contribution in [1.29, 1.82) is 0 Å². The van der Waals surface area contributed by atoms with Gasteiger partial charge in [-0.15, -0.1) is 0 Å². The first-order valence-corrected chi connectivity index (χ1v) is 11.5. The number of carbonyl (C=O) groups excluding carboxylic acids is 3. The second kappa shape index (κ2) is 8.60. The van der Waals surface area contributed by atoms with Crippen molar-refractivity contribution < 1.29 is 22.8 Å². The number of aryl methyl sites for hydroxylation is 1. The number of rotatable bonds is 6. The molecule has 31 heavy (non-hydrogen) atoms. The molecule has 3 rings (SSSR count). The summed E-state index contributed by atoms with van der Waals surface area (Å²) in [5, 5.41) is 5.11. The summed E-state index contributed by atoms with van der Waals surface area (Å²) >= 11 is 0. The van der Waals surface area contributed by atoms with Gasteiger partial charge in [0.05, 0.1) is 17.0 Å². The zero-order valence-electron chi connectivity index (χ0n) is 17.6. The molecule has 0 saturated carbocycles. The monoisotopic (exact) mass is 443 g/mol. The van der Waals surface area contributed by atoms with Crippen molar-refractivity contribution in [3.8, 4) is 0 Å². The smallest absolute Gasteiger partial charge is 0.257 e. The topological polar surface area (TPSA) is 118 Å². The quantitative estimate of drug-likeness (QED) is 0.687. The number of nitrogens with zero attached hydrogens (tertiary/aromatic N) is 2. The van der Waals surface area contributed by atoms with Gasteiger partial charge in [0, 0.05) is 11.6 Å². The van der Waals surface area contributed by atoms with E-state index in [9.17, 15) is 22.8 Å². The number of carbonyl (C=O) groups is 3. The Labute approximate surface area is 181 Å². The van der Waals surface area contributed by atoms with Gasteiger partial charge in [0.25, 0.3) is 11.8 Å². The predicted molar refractivity (Wildman–Crippen MR) is 116 cm³/mol. The maximum Gasteiger partial charge on any atom is 0.257 e. The number of sulfonamides is 1. The summed E-state index contributed by atoms with van der Waals surface area (Å²) in [5.74, 6) is -1.27. The Balaban J connectivity index is 1.96. The SMILES string of the molecule is CCC(C)N(C(=O)c1ccccc1C)C1CC(=O)N(c2ccc(S(N)(=O)=O)cc2)C1=O. The van der Waals surface area contributed by atoms with Crippen LogP contribution >= 0.6 is 0 Å². The molecule has 2 unspecified atom stereocenters. The summed E-state index contributed by atoms with van der Waals surface area (Å²) in [7, 11) is -3.90. The summed E-state index contributed by atoms with van der Waals surface area (Å²) in [6, 6.07) is 11.1. The standard InChI is InChI=1S/C22H25N3O5S/c1-4-15(3)24(21(27)18-8-6-5-7-14(18)2)19-13-20(26)25(22(19)28)16-9-11-17(12-10-16)31(23,29)30/h5-12,15,19H,4,13H2,1-3H3,(H2,23,29,30). The molecule has 2 atom stereocenters. The minimum atomic E-state index is -3.90. The maximum atomic E-state index is 13.4. The van der Waals surface area contributed by atoms with E-state index in [1.165, 1.54) is 29.2 Å². The van der Waals surface area contributed by atoms with E-state index in [2.05, 4.69) is 0 Å². The number of benzene rings is 2. The second-order valence-electron chi connectivity index (χ2n) is 7.61. The first-order valence-electron chi connectivity index (χ1n) is 9.94. The highest BCUT2D eigenvalue weighted by atomic mass is 32.2. The fourth-order valence-corrected chi connectivity index (χ4v) is 4.20. The fourth-order valence-electron chi connectivity index (χ4n) is 3.69. The molecule has 8 nitrogen and oxygen atoms in total. The first-order chi connectivity index (χ1) is 14.6. The van der Waals surface area contributed by atoms with Gasteiger partial charge in [-0.05, 0) is 56.2 Å². The minimum absolute atomic E-state index is 0.122. The van der Waals surface area contributed by atoms with Crippen LogP contribution in [0.5, 0.6) is 0 Å². The van der Waals surface area contributed by atoms with Gasteiger partial charge in [0.1, 0.15) is 6.04 Å². The van der Waals surface area contributed by atoms with Gasteiger partial charge in [-0.1, -0.05) is 25.1 Å². The predicted octanol–water partition coefficient (Wildman–Crippen LogP) is 2.22. The molecule has 3 amide bonds. The molecule has 1 heterocycles. The third-order valence-electron chi connectivity index (χ3n) is 5.56. The lowest BCUT2D eigenvalue weighted by Gasteiger charge is -2.33. The van der Waals surface area contributed by atoms with Crippen molar-refractivity contribution in [1.82, 2.24) is 4.90 Å². The number of amides is 3. The highest BCUT2D eigenvalue weighted by Crippen LogP contribution is 2.29. The molecule has 0 aliphatic carbocycles. The molecule has 0 aromatic heterocycles. The number of hydrogen-bond acceptors (Lipinski definition) is 5. The van der Waals surface area contributed by atoms with Gasteiger partial charge in [-0.2, -0.15) is 0 Å². The molecule has 1 aliphatic heterocycles. The molecule has 0 bridgehead atoms. The van der Waals surface area contributed by atoms with E-state index in [1.807, 2.05) is 32.9 Å². The molecule has 9 heteroatoms. The summed E-state index contributed by atoms with van der Waals surface area (Å²) in [6.45, 7) is 5.58. The average molecular weight is 444 g/mol. The Kier molecular flexibility index (Phi) is 6.28. The molecule has 0 spiro atoms. The van der Waals surface area contributed by atoms with Crippen LogP contribution in [0, 0.1) is 6.92 Å². The van der Waals surface area contributed by atoms with E-state index < -0.39 is 27.9 Å². The van der Waals surface area contributed by atoms with Crippen LogP contribution in [-0.4, -0.2) is 43.1 Å². The van der Waals surface area contributed by atoms with Crippen molar-refractivity contribution in [2.45, 2.75) is 50.6 Å². The van der Waals surface area contributed by atoms with Gasteiger partial charge in [0.2, 0.25) is 15.9 Å². The lowest BCUT2D eigenvalue weighted by Crippen LogP contribution is -2.49. The summed E-state index contributed by atoms with van der Waals surface area (Å²) in [4.78, 5) is 41.7. The maximum absolute atomic E-state index is 13.4. The van der Waals surface area contributed by atoms with Gasteiger partial charge in [-0.3, -0.25) is 14.4 Å². The highest BCUT2D eigenvalue weighted by Gasteiger charge is 2.45. The molecule has 2 aromatic carbocycles. The lowest BCUT2D eigenvalue weighted by atomic mass is 10.0. The number of anilines is 1. The van der Waals surface area contributed by atoms with Gasteiger partial charge >= 0.3 is 0 Å². The molecular weight excluding hydrogens is 418 g/mol. The molecule has 0 radical (unpaired) electrons. The molecule has 2 aromatic rings. The zero-order chi connectivity index (χ0) is 22.9. The van der Waals surface area contributed by atoms with E-state index in [0.29, 0.717) is 12.0 Å². The Morgan fingerprint density at radius 3 is 2.32 bits per heavy atom. The number of primary sulfonamides is 1. The van der Waals surface area contributed by atoms with Crippen molar-refractivity contribution in [3.63, 3.8) is 0 Å². The molecule has 1 aliphatic rings. The molecule has 164 valence electrons. The summed E-state index contributed by atoms with van der Waals surface area (Å²) in [5.41, 5.74) is 1.50. The van der Waals surface area contributed by atoms with E-state index in [4.69, 9.17) is 5.14 Å². The second-order valence-corrected chi connectivity index (χ2v) is 9.17. The average Bonchev–Trinajstić information content (AvgIpc) is 3.01. The third-order valence-corrected chi connectivity index (χ3v) is 6.49. The number of hydrogen-bond donors (Lipinski definition) is 1. The first kappa shape index (κ1) is 22.6. The van der Waals surface area contributed by atoms with Crippen molar-refractivity contribution >= 4 is 33.4 Å². The van der Waals surface area contributed by atoms with Crippen LogP contribution < -0.4 is 10.0 Å². The van der Waals surface area contributed by atoms with Crippen LogP contribution in [0.3, 0.4) is 0 Å². The normalized spacial score (nSPS) is 17.7. The Morgan fingerprint density at radius 2 is 1.77 bits per heavy atom. The van der Waals surface area contributed by atoms with Crippen molar-refractivity contribution in [2.24, 2.45) is 5.14 Å². The van der Waals surface area contributed by atoms with Gasteiger partial charge < -0.3 is 4.90 Å². The highest BCUT2D eigenvalue weighted by molar-refractivity contribution is 7.89. The number of nitrogens with two attached hydrogens (primary N) is 1. The fraction of sp³-hybridized carbons (Fsp3) is 0.318. The lowest BCUT2D eigenvalue weighted by molar-refractivity contribution is -0.122. The minimum Gasteiger partial charge on any atom is -0.323 e. The van der Waals surface area contributed by atoms with Crippen molar-refractivity contribution in [2.75, 3.05) is 4.90 Å². The summed E-state index contributed by atoms with van der Waals surface area (Å²) in [6.07, 6.45) is 0.469. The van der Waals surface area contributed by atoms with Crippen LogP contribution in [0.25, 0.3) is 0 Å². The van der Waals surface area contributed by atoms with Crippen LogP contribution in [-0.2, 0) is 19.6 Å². The molecular formula is C22H25N3O5S. The molecule has 1 fully saturated rings.